The van der Waals surface area contributed by atoms with E-state index in [9.17, 15) is 9.59 Å². The molecule has 0 radical (unpaired) electrons. The van der Waals surface area contributed by atoms with Crippen molar-refractivity contribution in [2.75, 3.05) is 6.61 Å². The van der Waals surface area contributed by atoms with Gasteiger partial charge in [0.15, 0.2) is 8.32 Å². The number of amides is 1. The number of thiocarbonyl (C=S) groups is 1. The zero-order valence-electron chi connectivity index (χ0n) is 17.7. The minimum Gasteiger partial charge on any atom is -0.413 e. The molecule has 1 aromatic carbocycles. The molecule has 0 bridgehead atoms. The summed E-state index contributed by atoms with van der Waals surface area (Å²) in [5.74, 6) is 1.27. The number of hydroxylamine groups is 2. The highest BCUT2D eigenvalue weighted by atomic mass is 32.1. The van der Waals surface area contributed by atoms with Gasteiger partial charge in [0, 0.05) is 16.9 Å². The molecule has 1 saturated heterocycles. The van der Waals surface area contributed by atoms with Crippen molar-refractivity contribution in [3.05, 3.63) is 54.6 Å². The van der Waals surface area contributed by atoms with E-state index in [0.29, 0.717) is 4.86 Å². The Bertz CT molecular complexity index is 816. The number of benzene rings is 1. The number of carbonyl (C=O) groups excluding carboxylic acids is 2. The molecule has 0 N–H and O–H groups in total. The molecule has 2 rings (SSSR count). The van der Waals surface area contributed by atoms with Crippen LogP contribution < -0.4 is 0 Å². The molecule has 1 aromatic rings. The van der Waals surface area contributed by atoms with Crippen LogP contribution in [0.25, 0.3) is 0 Å². The summed E-state index contributed by atoms with van der Waals surface area (Å²) in [6, 6.07) is 9.15. The van der Waals surface area contributed by atoms with E-state index in [1.807, 2.05) is 69.8 Å². The van der Waals surface area contributed by atoms with Gasteiger partial charge in [0.1, 0.15) is 11.4 Å². The Morgan fingerprint density at radius 3 is 2.48 bits per heavy atom. The van der Waals surface area contributed by atoms with Gasteiger partial charge in [-0.2, -0.15) is 0 Å². The third-order valence-corrected chi connectivity index (χ3v) is 6.76. The maximum atomic E-state index is 13.2. The van der Waals surface area contributed by atoms with Gasteiger partial charge in [0.05, 0.1) is 18.8 Å². The monoisotopic (exact) mass is 431 g/mol. The van der Waals surface area contributed by atoms with Gasteiger partial charge in [-0.1, -0.05) is 55.5 Å². The molecular formula is C22H29NO4SSi. The predicted molar refractivity (Wildman–Crippen MR) is 121 cm³/mol. The van der Waals surface area contributed by atoms with Crippen molar-refractivity contribution in [1.82, 2.24) is 5.06 Å². The number of nitrogens with zero attached hydrogens (tertiary/aromatic N) is 1. The lowest BCUT2D eigenvalue weighted by Gasteiger charge is -2.57. The number of hydrogen-bond acceptors (Lipinski definition) is 5. The second kappa shape index (κ2) is 9.28. The van der Waals surface area contributed by atoms with E-state index >= 15 is 0 Å². The largest absolute Gasteiger partial charge is 0.413 e. The van der Waals surface area contributed by atoms with Gasteiger partial charge >= 0.3 is 0 Å². The van der Waals surface area contributed by atoms with Crippen LogP contribution in [-0.2, 0) is 18.9 Å². The summed E-state index contributed by atoms with van der Waals surface area (Å²) in [6.07, 6.45) is 2.35. The van der Waals surface area contributed by atoms with Gasteiger partial charge in [-0.05, 0) is 32.1 Å². The van der Waals surface area contributed by atoms with Crippen LogP contribution in [0.2, 0.25) is 19.6 Å². The molecule has 0 unspecified atom stereocenters. The number of β-lactam (4-membered cyclic amide) rings is 1. The summed E-state index contributed by atoms with van der Waals surface area (Å²) in [6.45, 7) is 13.7. The van der Waals surface area contributed by atoms with Crippen molar-refractivity contribution in [2.45, 2.75) is 45.6 Å². The minimum atomic E-state index is -1.98. The first kappa shape index (κ1) is 23.4. The van der Waals surface area contributed by atoms with Crippen LogP contribution in [0.15, 0.2) is 49.1 Å². The third kappa shape index (κ3) is 4.65. The van der Waals surface area contributed by atoms with Gasteiger partial charge in [-0.15, -0.1) is 6.58 Å². The number of hydrogen-bond donors (Lipinski definition) is 0. The highest BCUT2D eigenvalue weighted by Crippen LogP contribution is 2.49. The van der Waals surface area contributed by atoms with Crippen molar-refractivity contribution < 1.29 is 18.9 Å². The van der Waals surface area contributed by atoms with Crippen LogP contribution in [0, 0.1) is 11.3 Å². The standard InChI is InChI=1S/C22H29NO4SSi/c1-7-15-26-23-20(16(2)19(28)18-11-9-8-10-12-18)22(13-14-24,21(23)25)17(3)27-29(4,5)6/h7-13,16-17,20H,1,15H2,2-6H3/t16-,17+,20-,22+/m0/s1. The Balaban J connectivity index is 2.49. The summed E-state index contributed by atoms with van der Waals surface area (Å²) in [5.41, 5.74) is -0.276. The van der Waals surface area contributed by atoms with Crippen molar-refractivity contribution in [3.8, 4) is 0 Å². The molecule has 156 valence electrons. The fraction of sp³-hybridized carbons (Fsp3) is 0.455. The summed E-state index contributed by atoms with van der Waals surface area (Å²) < 4.78 is 6.25. The summed E-state index contributed by atoms with van der Waals surface area (Å²) in [4.78, 5) is 31.0. The maximum Gasteiger partial charge on any atom is 0.262 e. The lowest BCUT2D eigenvalue weighted by molar-refractivity contribution is -0.266. The average Bonchev–Trinajstić information content (AvgIpc) is 2.67. The van der Waals surface area contributed by atoms with Crippen LogP contribution in [0.5, 0.6) is 0 Å². The Morgan fingerprint density at radius 2 is 1.97 bits per heavy atom. The van der Waals surface area contributed by atoms with Crippen LogP contribution in [-0.4, -0.2) is 48.8 Å². The molecule has 0 spiro atoms. The molecule has 1 amide bonds. The van der Waals surface area contributed by atoms with Crippen LogP contribution in [0.1, 0.15) is 19.4 Å². The molecule has 1 fully saturated rings. The molecule has 7 heteroatoms. The van der Waals surface area contributed by atoms with E-state index < -0.39 is 25.9 Å². The first-order valence-electron chi connectivity index (χ1n) is 9.66. The smallest absolute Gasteiger partial charge is 0.262 e. The Hall–Kier alpha value is -1.89. The van der Waals surface area contributed by atoms with E-state index in [1.165, 1.54) is 11.1 Å². The SMILES string of the molecule is C=CCON1C(=O)[C@](C=C=O)([C@@H](C)O[Si](C)(C)C)[C@@H]1[C@@H](C)C(=S)c1ccccc1. The van der Waals surface area contributed by atoms with E-state index in [0.717, 1.165) is 5.56 Å². The van der Waals surface area contributed by atoms with E-state index in [-0.39, 0.29) is 18.4 Å². The molecule has 1 heterocycles. The molecule has 29 heavy (non-hydrogen) atoms. The van der Waals surface area contributed by atoms with Gasteiger partial charge < -0.3 is 4.43 Å². The van der Waals surface area contributed by atoms with E-state index in [1.54, 1.807) is 6.08 Å². The quantitative estimate of drug-likeness (QED) is 0.140. The second-order valence-electron chi connectivity index (χ2n) is 8.25. The maximum absolute atomic E-state index is 13.2. The molecule has 1 aliphatic rings. The Kier molecular flexibility index (Phi) is 7.49. The Morgan fingerprint density at radius 1 is 1.34 bits per heavy atom. The summed E-state index contributed by atoms with van der Waals surface area (Å²) in [5, 5.41) is 1.32. The second-order valence-corrected chi connectivity index (χ2v) is 13.1. The van der Waals surface area contributed by atoms with Crippen molar-refractivity contribution >= 4 is 37.2 Å². The molecule has 0 aliphatic carbocycles. The van der Waals surface area contributed by atoms with E-state index in [4.69, 9.17) is 21.5 Å². The van der Waals surface area contributed by atoms with Crippen molar-refractivity contribution in [3.63, 3.8) is 0 Å². The molecule has 4 atom stereocenters. The topological polar surface area (TPSA) is 55.8 Å². The molecule has 5 nitrogen and oxygen atoms in total. The normalized spacial score (nSPS) is 23.6. The average molecular weight is 432 g/mol. The van der Waals surface area contributed by atoms with E-state index in [2.05, 4.69) is 6.58 Å². The minimum absolute atomic E-state index is 0.178. The highest BCUT2D eigenvalue weighted by molar-refractivity contribution is 7.80. The van der Waals surface area contributed by atoms with Crippen LogP contribution >= 0.6 is 12.2 Å². The van der Waals surface area contributed by atoms with Crippen LogP contribution in [0.4, 0.5) is 0 Å². The first-order chi connectivity index (χ1) is 13.6. The molecule has 1 aliphatic heterocycles. The van der Waals surface area contributed by atoms with Crippen LogP contribution in [0.3, 0.4) is 0 Å². The molecule has 0 aromatic heterocycles. The lowest BCUT2D eigenvalue weighted by Crippen LogP contribution is -2.75. The fourth-order valence-corrected chi connectivity index (χ4v) is 5.39. The van der Waals surface area contributed by atoms with Gasteiger partial charge in [-0.3, -0.25) is 9.63 Å². The Labute approximate surface area is 179 Å². The van der Waals surface area contributed by atoms with Gasteiger partial charge in [0.25, 0.3) is 5.91 Å². The molecular weight excluding hydrogens is 402 g/mol. The third-order valence-electron chi connectivity index (χ3n) is 5.09. The summed E-state index contributed by atoms with van der Waals surface area (Å²) in [7, 11) is -1.98. The lowest BCUT2D eigenvalue weighted by atomic mass is 9.63. The number of carbonyl (C=O) groups is 1. The number of rotatable bonds is 10. The zero-order valence-corrected chi connectivity index (χ0v) is 19.5. The predicted octanol–water partition coefficient (Wildman–Crippen LogP) is 3.98. The first-order valence-corrected chi connectivity index (χ1v) is 13.5. The van der Waals surface area contributed by atoms with Gasteiger partial charge in [0.2, 0.25) is 0 Å². The fourth-order valence-electron chi connectivity index (χ4n) is 3.87. The zero-order chi connectivity index (χ0) is 21.8. The molecule has 0 saturated carbocycles. The van der Waals surface area contributed by atoms with Crippen molar-refractivity contribution in [2.24, 2.45) is 11.3 Å². The summed E-state index contributed by atoms with van der Waals surface area (Å²) >= 11 is 5.75. The highest BCUT2D eigenvalue weighted by Gasteiger charge is 2.66. The van der Waals surface area contributed by atoms with Crippen molar-refractivity contribution in [1.29, 1.82) is 0 Å². The van der Waals surface area contributed by atoms with Gasteiger partial charge in [-0.25, -0.2) is 9.86 Å².